The number of rotatable bonds is 10. The summed E-state index contributed by atoms with van der Waals surface area (Å²) in [6, 6.07) is 7.58. The van der Waals surface area contributed by atoms with Crippen LogP contribution in [0, 0.1) is 0 Å². The van der Waals surface area contributed by atoms with Gasteiger partial charge in [0.2, 0.25) is 0 Å². The van der Waals surface area contributed by atoms with E-state index in [-0.39, 0.29) is 19.1 Å². The number of carbonyl (C=O) groups is 1. The van der Waals surface area contributed by atoms with Crippen LogP contribution in [-0.4, -0.2) is 35.4 Å². The van der Waals surface area contributed by atoms with E-state index in [9.17, 15) is 9.90 Å². The van der Waals surface area contributed by atoms with E-state index in [4.69, 9.17) is 5.11 Å². The fraction of sp³-hybridized carbons (Fsp3) is 0.588. The SMILES string of the molecule is CCCCCCCc1ccc(C(=O)NCC(O)CO)cc1. The third kappa shape index (κ3) is 7.25. The predicted molar refractivity (Wildman–Crippen MR) is 84.3 cm³/mol. The molecule has 4 nitrogen and oxygen atoms in total. The van der Waals surface area contributed by atoms with Crippen LogP contribution in [-0.2, 0) is 6.42 Å². The maximum atomic E-state index is 11.8. The van der Waals surface area contributed by atoms with Gasteiger partial charge in [0.15, 0.2) is 0 Å². The van der Waals surface area contributed by atoms with Crippen LogP contribution >= 0.6 is 0 Å². The van der Waals surface area contributed by atoms with Gasteiger partial charge in [-0.3, -0.25) is 4.79 Å². The lowest BCUT2D eigenvalue weighted by Gasteiger charge is -2.09. The highest BCUT2D eigenvalue weighted by Gasteiger charge is 2.08. The van der Waals surface area contributed by atoms with E-state index < -0.39 is 6.10 Å². The molecule has 0 fully saturated rings. The molecule has 0 aliphatic carbocycles. The molecule has 0 saturated heterocycles. The Morgan fingerprint density at radius 3 is 2.43 bits per heavy atom. The van der Waals surface area contributed by atoms with E-state index in [0.29, 0.717) is 5.56 Å². The standard InChI is InChI=1S/C17H27NO3/c1-2-3-4-5-6-7-14-8-10-15(11-9-14)17(21)18-12-16(20)13-19/h8-11,16,19-20H,2-7,12-13H2,1H3,(H,18,21). The second-order valence-corrected chi connectivity index (χ2v) is 5.41. The Morgan fingerprint density at radius 1 is 1.14 bits per heavy atom. The summed E-state index contributed by atoms with van der Waals surface area (Å²) in [5.41, 5.74) is 1.83. The molecular formula is C17H27NO3. The van der Waals surface area contributed by atoms with Crippen molar-refractivity contribution in [1.29, 1.82) is 0 Å². The first-order valence-electron chi connectivity index (χ1n) is 7.83. The molecule has 1 atom stereocenters. The molecule has 0 heterocycles. The Labute approximate surface area is 127 Å². The minimum atomic E-state index is -0.906. The Bertz CT molecular complexity index is 403. The van der Waals surface area contributed by atoms with Crippen LogP contribution in [0.4, 0.5) is 0 Å². The van der Waals surface area contributed by atoms with Crippen molar-refractivity contribution in [3.05, 3.63) is 35.4 Å². The third-order valence-corrected chi connectivity index (χ3v) is 3.49. The third-order valence-electron chi connectivity index (χ3n) is 3.49. The molecule has 1 aromatic carbocycles. The average molecular weight is 293 g/mol. The van der Waals surface area contributed by atoms with Crippen molar-refractivity contribution in [2.45, 2.75) is 51.6 Å². The Kier molecular flexibility index (Phi) is 8.71. The summed E-state index contributed by atoms with van der Waals surface area (Å²) in [6.45, 7) is 1.93. The van der Waals surface area contributed by atoms with Crippen LogP contribution in [0.15, 0.2) is 24.3 Å². The molecule has 0 aromatic heterocycles. The van der Waals surface area contributed by atoms with Crippen molar-refractivity contribution in [2.75, 3.05) is 13.2 Å². The molecular weight excluding hydrogens is 266 g/mol. The lowest BCUT2D eigenvalue weighted by Crippen LogP contribution is -2.33. The molecule has 1 unspecified atom stereocenters. The summed E-state index contributed by atoms with van der Waals surface area (Å²) in [7, 11) is 0. The Hall–Kier alpha value is -1.39. The highest BCUT2D eigenvalue weighted by Crippen LogP contribution is 2.10. The fourth-order valence-corrected chi connectivity index (χ4v) is 2.13. The number of hydrogen-bond acceptors (Lipinski definition) is 3. The van der Waals surface area contributed by atoms with Crippen LogP contribution in [0.1, 0.15) is 54.9 Å². The number of nitrogens with one attached hydrogen (secondary N) is 1. The van der Waals surface area contributed by atoms with Crippen molar-refractivity contribution in [2.24, 2.45) is 0 Å². The fourth-order valence-electron chi connectivity index (χ4n) is 2.13. The van der Waals surface area contributed by atoms with E-state index >= 15 is 0 Å². The highest BCUT2D eigenvalue weighted by molar-refractivity contribution is 5.94. The molecule has 1 aromatic rings. The predicted octanol–water partition coefficient (Wildman–Crippen LogP) is 2.28. The van der Waals surface area contributed by atoms with E-state index in [1.165, 1.54) is 37.7 Å². The largest absolute Gasteiger partial charge is 0.394 e. The second kappa shape index (κ2) is 10.4. The average Bonchev–Trinajstić information content (AvgIpc) is 2.52. The molecule has 118 valence electrons. The minimum absolute atomic E-state index is 0.0640. The molecule has 0 bridgehead atoms. The molecule has 21 heavy (non-hydrogen) atoms. The van der Waals surface area contributed by atoms with Crippen LogP contribution in [0.5, 0.6) is 0 Å². The maximum Gasteiger partial charge on any atom is 0.251 e. The van der Waals surface area contributed by atoms with Gasteiger partial charge in [-0.1, -0.05) is 44.7 Å². The Morgan fingerprint density at radius 2 is 1.81 bits per heavy atom. The zero-order valence-corrected chi connectivity index (χ0v) is 12.8. The van der Waals surface area contributed by atoms with Gasteiger partial charge < -0.3 is 15.5 Å². The molecule has 0 aliphatic heterocycles. The van der Waals surface area contributed by atoms with E-state index in [1.54, 1.807) is 0 Å². The monoisotopic (exact) mass is 293 g/mol. The maximum absolute atomic E-state index is 11.8. The zero-order chi connectivity index (χ0) is 15.5. The number of aliphatic hydroxyl groups excluding tert-OH is 2. The van der Waals surface area contributed by atoms with E-state index in [2.05, 4.69) is 12.2 Å². The zero-order valence-electron chi connectivity index (χ0n) is 12.8. The molecule has 0 radical (unpaired) electrons. The van der Waals surface area contributed by atoms with Crippen molar-refractivity contribution < 1.29 is 15.0 Å². The number of aryl methyl sites for hydroxylation is 1. The lowest BCUT2D eigenvalue weighted by atomic mass is 10.0. The van der Waals surface area contributed by atoms with Crippen molar-refractivity contribution in [1.82, 2.24) is 5.32 Å². The summed E-state index contributed by atoms with van der Waals surface area (Å²) < 4.78 is 0. The van der Waals surface area contributed by atoms with Gasteiger partial charge in [-0.2, -0.15) is 0 Å². The number of unbranched alkanes of at least 4 members (excludes halogenated alkanes) is 4. The van der Waals surface area contributed by atoms with Gasteiger partial charge in [0.25, 0.3) is 5.91 Å². The van der Waals surface area contributed by atoms with Gasteiger partial charge in [-0.25, -0.2) is 0 Å². The summed E-state index contributed by atoms with van der Waals surface area (Å²) in [6.07, 6.45) is 6.45. The number of hydrogen-bond donors (Lipinski definition) is 3. The lowest BCUT2D eigenvalue weighted by molar-refractivity contribution is 0.0802. The normalized spacial score (nSPS) is 12.1. The molecule has 0 aliphatic rings. The van der Waals surface area contributed by atoms with Crippen LogP contribution < -0.4 is 5.32 Å². The summed E-state index contributed by atoms with van der Waals surface area (Å²) in [5.74, 6) is -0.225. The molecule has 0 spiro atoms. The summed E-state index contributed by atoms with van der Waals surface area (Å²) in [5, 5.41) is 20.5. The summed E-state index contributed by atoms with van der Waals surface area (Å²) in [4.78, 5) is 11.8. The van der Waals surface area contributed by atoms with Crippen molar-refractivity contribution in [3.8, 4) is 0 Å². The second-order valence-electron chi connectivity index (χ2n) is 5.41. The molecule has 1 rings (SSSR count). The van der Waals surface area contributed by atoms with Gasteiger partial charge in [-0.05, 0) is 30.5 Å². The van der Waals surface area contributed by atoms with Crippen LogP contribution in [0.2, 0.25) is 0 Å². The van der Waals surface area contributed by atoms with Gasteiger partial charge in [0, 0.05) is 12.1 Å². The van der Waals surface area contributed by atoms with Gasteiger partial charge in [-0.15, -0.1) is 0 Å². The number of carbonyl (C=O) groups excluding carboxylic acids is 1. The smallest absolute Gasteiger partial charge is 0.251 e. The first-order valence-corrected chi connectivity index (χ1v) is 7.83. The van der Waals surface area contributed by atoms with E-state index in [1.807, 2.05) is 24.3 Å². The van der Waals surface area contributed by atoms with E-state index in [0.717, 1.165) is 6.42 Å². The van der Waals surface area contributed by atoms with Crippen LogP contribution in [0.25, 0.3) is 0 Å². The van der Waals surface area contributed by atoms with Gasteiger partial charge >= 0.3 is 0 Å². The first kappa shape index (κ1) is 17.7. The molecule has 1 amide bonds. The number of benzene rings is 1. The number of amides is 1. The molecule has 3 N–H and O–H groups in total. The molecule has 4 heteroatoms. The van der Waals surface area contributed by atoms with Gasteiger partial charge in [0.1, 0.15) is 0 Å². The minimum Gasteiger partial charge on any atom is -0.394 e. The highest BCUT2D eigenvalue weighted by atomic mass is 16.3. The quantitative estimate of drug-likeness (QED) is 0.580. The van der Waals surface area contributed by atoms with Crippen LogP contribution in [0.3, 0.4) is 0 Å². The number of aliphatic hydroxyl groups is 2. The van der Waals surface area contributed by atoms with Gasteiger partial charge in [0.05, 0.1) is 12.7 Å². The topological polar surface area (TPSA) is 69.6 Å². The Balaban J connectivity index is 2.34. The first-order chi connectivity index (χ1) is 10.2. The van der Waals surface area contributed by atoms with Crippen molar-refractivity contribution >= 4 is 5.91 Å². The van der Waals surface area contributed by atoms with Crippen molar-refractivity contribution in [3.63, 3.8) is 0 Å². The molecule has 0 saturated carbocycles. The summed E-state index contributed by atoms with van der Waals surface area (Å²) >= 11 is 0.